The number of imidazole rings is 1. The molecule has 0 N–H and O–H groups in total. The van der Waals surface area contributed by atoms with Crippen molar-refractivity contribution in [2.75, 3.05) is 7.11 Å². The molecule has 2 aromatic heterocycles. The summed E-state index contributed by atoms with van der Waals surface area (Å²) in [5.41, 5.74) is 2.17. The summed E-state index contributed by atoms with van der Waals surface area (Å²) in [6.07, 6.45) is 3.87. The molecule has 2 rings (SSSR count). The number of methoxy groups -OCH3 is 1. The lowest BCUT2D eigenvalue weighted by molar-refractivity contribution is 0.0606. The van der Waals surface area contributed by atoms with Crippen LogP contribution in [0.25, 0.3) is 0 Å². The van der Waals surface area contributed by atoms with E-state index in [-0.39, 0.29) is 5.97 Å². The molecular weight excluding hydrogens is 248 g/mol. The third-order valence-corrected chi connectivity index (χ3v) is 3.61. The van der Waals surface area contributed by atoms with Gasteiger partial charge in [0.15, 0.2) is 0 Å². The van der Waals surface area contributed by atoms with E-state index in [9.17, 15) is 4.79 Å². The van der Waals surface area contributed by atoms with Crippen LogP contribution in [0, 0.1) is 0 Å². The van der Waals surface area contributed by atoms with E-state index in [4.69, 9.17) is 0 Å². The first-order valence-electron chi connectivity index (χ1n) is 5.77. The smallest absolute Gasteiger partial charge is 0.348 e. The molecule has 0 aliphatic heterocycles. The van der Waals surface area contributed by atoms with Crippen molar-refractivity contribution in [1.29, 1.82) is 0 Å². The molecule has 2 aromatic rings. The third-order valence-electron chi connectivity index (χ3n) is 2.65. The van der Waals surface area contributed by atoms with E-state index in [2.05, 4.69) is 23.6 Å². The van der Waals surface area contributed by atoms with Crippen molar-refractivity contribution >= 4 is 17.3 Å². The van der Waals surface area contributed by atoms with E-state index in [0.717, 1.165) is 17.8 Å². The van der Waals surface area contributed by atoms with E-state index < -0.39 is 0 Å². The number of rotatable bonds is 4. The van der Waals surface area contributed by atoms with Crippen molar-refractivity contribution in [3.05, 3.63) is 40.1 Å². The molecule has 4 nitrogen and oxygen atoms in total. The van der Waals surface area contributed by atoms with E-state index >= 15 is 0 Å². The molecule has 0 spiro atoms. The number of esters is 1. The first kappa shape index (κ1) is 12.8. The van der Waals surface area contributed by atoms with Gasteiger partial charge in [-0.15, -0.1) is 11.3 Å². The van der Waals surface area contributed by atoms with E-state index in [1.165, 1.54) is 18.4 Å². The molecule has 0 radical (unpaired) electrons. The van der Waals surface area contributed by atoms with Crippen molar-refractivity contribution < 1.29 is 9.53 Å². The normalized spacial score (nSPS) is 10.9. The Kier molecular flexibility index (Phi) is 3.81. The molecule has 0 atom stereocenters. The fourth-order valence-corrected chi connectivity index (χ4v) is 2.46. The first-order valence-corrected chi connectivity index (χ1v) is 6.65. The first-order chi connectivity index (χ1) is 8.60. The van der Waals surface area contributed by atoms with Gasteiger partial charge in [0, 0.05) is 12.7 Å². The van der Waals surface area contributed by atoms with Crippen molar-refractivity contribution in [3.63, 3.8) is 0 Å². The van der Waals surface area contributed by atoms with Gasteiger partial charge >= 0.3 is 5.97 Å². The summed E-state index contributed by atoms with van der Waals surface area (Å²) in [6, 6.07) is 1.87. The van der Waals surface area contributed by atoms with Crippen LogP contribution in [0.2, 0.25) is 0 Å². The number of nitrogens with zero attached hydrogens (tertiary/aromatic N) is 2. The highest BCUT2D eigenvalue weighted by Gasteiger charge is 2.09. The van der Waals surface area contributed by atoms with E-state index in [0.29, 0.717) is 10.8 Å². The van der Waals surface area contributed by atoms with E-state index in [1.807, 2.05) is 28.5 Å². The molecule has 0 aromatic carbocycles. The number of thiophene rings is 1. The van der Waals surface area contributed by atoms with Crippen molar-refractivity contribution in [3.8, 4) is 0 Å². The molecule has 0 unspecified atom stereocenters. The zero-order valence-electron chi connectivity index (χ0n) is 10.7. The van der Waals surface area contributed by atoms with Gasteiger partial charge in [0.25, 0.3) is 0 Å². The molecule has 0 saturated heterocycles. The average molecular weight is 264 g/mol. The Morgan fingerprint density at radius 2 is 2.33 bits per heavy atom. The average Bonchev–Trinajstić information content (AvgIpc) is 2.98. The summed E-state index contributed by atoms with van der Waals surface area (Å²) < 4.78 is 6.71. The molecule has 0 saturated carbocycles. The summed E-state index contributed by atoms with van der Waals surface area (Å²) in [5, 5.41) is 1.97. The van der Waals surface area contributed by atoms with Gasteiger partial charge in [0.05, 0.1) is 19.1 Å². The quantitative estimate of drug-likeness (QED) is 0.798. The molecular formula is C13H16N2O2S. The van der Waals surface area contributed by atoms with Gasteiger partial charge in [-0.3, -0.25) is 0 Å². The maximum Gasteiger partial charge on any atom is 0.348 e. The molecule has 0 bridgehead atoms. The van der Waals surface area contributed by atoms with Gasteiger partial charge in [-0.05, 0) is 22.9 Å². The van der Waals surface area contributed by atoms with Crippen LogP contribution < -0.4 is 0 Å². The minimum Gasteiger partial charge on any atom is -0.465 e. The molecule has 0 fully saturated rings. The molecule has 0 aliphatic carbocycles. The Morgan fingerprint density at radius 1 is 1.56 bits per heavy atom. The monoisotopic (exact) mass is 264 g/mol. The molecule has 96 valence electrons. The van der Waals surface area contributed by atoms with Crippen LogP contribution in [0.3, 0.4) is 0 Å². The number of carbonyl (C=O) groups excluding carboxylic acids is 1. The second-order valence-corrected chi connectivity index (χ2v) is 5.35. The molecule has 5 heteroatoms. The van der Waals surface area contributed by atoms with Crippen molar-refractivity contribution in [1.82, 2.24) is 9.55 Å². The number of ether oxygens (including phenoxy) is 1. The second-order valence-electron chi connectivity index (χ2n) is 4.44. The number of carbonyl (C=O) groups is 1. The minimum atomic E-state index is -0.278. The predicted molar refractivity (Wildman–Crippen MR) is 71.1 cm³/mol. The number of hydrogen-bond acceptors (Lipinski definition) is 4. The van der Waals surface area contributed by atoms with Gasteiger partial charge in [0.2, 0.25) is 0 Å². The summed E-state index contributed by atoms with van der Waals surface area (Å²) in [5.74, 6) is 0.152. The van der Waals surface area contributed by atoms with Gasteiger partial charge in [0.1, 0.15) is 4.88 Å². The Labute approximate surface area is 110 Å². The lowest BCUT2D eigenvalue weighted by atomic mass is 10.2. The van der Waals surface area contributed by atoms with Gasteiger partial charge < -0.3 is 9.30 Å². The summed E-state index contributed by atoms with van der Waals surface area (Å²) >= 11 is 1.41. The lowest BCUT2D eigenvalue weighted by Gasteiger charge is -1.99. The van der Waals surface area contributed by atoms with Crippen LogP contribution in [-0.2, 0) is 11.3 Å². The Morgan fingerprint density at radius 3 is 2.94 bits per heavy atom. The topological polar surface area (TPSA) is 44.1 Å². The zero-order valence-corrected chi connectivity index (χ0v) is 11.5. The molecule has 0 aliphatic rings. The third kappa shape index (κ3) is 2.79. The van der Waals surface area contributed by atoms with Crippen LogP contribution >= 0.6 is 11.3 Å². The SMILES string of the molecule is COC(=O)c1cc(Cn2cnc(C(C)C)c2)cs1. The zero-order chi connectivity index (χ0) is 13.1. The van der Waals surface area contributed by atoms with Gasteiger partial charge in [-0.1, -0.05) is 13.8 Å². The molecule has 18 heavy (non-hydrogen) atoms. The fraction of sp³-hybridized carbons (Fsp3) is 0.385. The number of aromatic nitrogens is 2. The number of hydrogen-bond donors (Lipinski definition) is 0. The van der Waals surface area contributed by atoms with Gasteiger partial charge in [-0.2, -0.15) is 0 Å². The van der Waals surface area contributed by atoms with Crippen LogP contribution in [-0.4, -0.2) is 22.6 Å². The van der Waals surface area contributed by atoms with Crippen LogP contribution in [0.4, 0.5) is 0 Å². The summed E-state index contributed by atoms with van der Waals surface area (Å²) in [7, 11) is 1.40. The van der Waals surface area contributed by atoms with Crippen molar-refractivity contribution in [2.45, 2.75) is 26.3 Å². The maximum atomic E-state index is 11.3. The van der Waals surface area contributed by atoms with Crippen LogP contribution in [0.1, 0.15) is 40.7 Å². The lowest BCUT2D eigenvalue weighted by Crippen LogP contribution is -1.98. The van der Waals surface area contributed by atoms with Crippen LogP contribution in [0.15, 0.2) is 24.0 Å². The summed E-state index contributed by atoms with van der Waals surface area (Å²) in [4.78, 5) is 16.3. The predicted octanol–water partition coefficient (Wildman–Crippen LogP) is 2.90. The maximum absolute atomic E-state index is 11.3. The highest BCUT2D eigenvalue weighted by Crippen LogP contribution is 2.18. The minimum absolute atomic E-state index is 0.278. The van der Waals surface area contributed by atoms with Crippen LogP contribution in [0.5, 0.6) is 0 Å². The summed E-state index contributed by atoms with van der Waals surface area (Å²) in [6.45, 7) is 4.96. The second kappa shape index (κ2) is 5.35. The highest BCUT2D eigenvalue weighted by atomic mass is 32.1. The van der Waals surface area contributed by atoms with Gasteiger partial charge in [-0.25, -0.2) is 9.78 Å². The molecule has 2 heterocycles. The fourth-order valence-electron chi connectivity index (χ4n) is 1.64. The Balaban J connectivity index is 2.08. The highest BCUT2D eigenvalue weighted by molar-refractivity contribution is 7.12. The molecule has 0 amide bonds. The standard InChI is InChI=1S/C13H16N2O2S/c1-9(2)11-6-15(8-14-11)5-10-4-12(18-7-10)13(16)17-3/h4,6-9H,5H2,1-3H3. The Bertz CT molecular complexity index is 543. The Hall–Kier alpha value is -1.62. The largest absolute Gasteiger partial charge is 0.465 e. The van der Waals surface area contributed by atoms with E-state index in [1.54, 1.807) is 0 Å². The van der Waals surface area contributed by atoms with Crippen molar-refractivity contribution in [2.24, 2.45) is 0 Å².